The van der Waals surface area contributed by atoms with E-state index in [1.165, 1.54) is 17.4 Å². The Hall–Kier alpha value is -0.390. The van der Waals surface area contributed by atoms with Crippen LogP contribution in [0, 0.1) is 0 Å². The van der Waals surface area contributed by atoms with Crippen LogP contribution in [0.4, 0.5) is 0 Å². The summed E-state index contributed by atoms with van der Waals surface area (Å²) in [6.45, 7) is 5.58. The van der Waals surface area contributed by atoms with E-state index < -0.39 is 9.84 Å². The topological polar surface area (TPSA) is 49.4 Å². The van der Waals surface area contributed by atoms with Crippen LogP contribution >= 0.6 is 0 Å². The highest BCUT2D eigenvalue weighted by Gasteiger charge is 2.12. The molecule has 0 atom stereocenters. The van der Waals surface area contributed by atoms with Gasteiger partial charge in [0.15, 0.2) is 0 Å². The number of nitrogens with zero attached hydrogens (tertiary/aromatic N) is 1. The predicted molar refractivity (Wildman–Crippen MR) is 62.8 cm³/mol. The fraction of sp³-hybridized carbons (Fsp3) is 0.800. The highest BCUT2D eigenvalue weighted by molar-refractivity contribution is 7.90. The molecule has 1 aliphatic rings. The van der Waals surface area contributed by atoms with Gasteiger partial charge in [0.1, 0.15) is 9.84 Å². The third-order valence-electron chi connectivity index (χ3n) is 2.63. The Labute approximate surface area is 92.3 Å². The lowest BCUT2D eigenvalue weighted by molar-refractivity contribution is 0.380. The maximum Gasteiger partial charge on any atom is 0.148 e. The van der Waals surface area contributed by atoms with Crippen LogP contribution in [0.25, 0.3) is 0 Å². The highest BCUT2D eigenvalue weighted by atomic mass is 32.2. The minimum Gasteiger partial charge on any atom is -0.309 e. The zero-order chi connectivity index (χ0) is 11.5. The minimum absolute atomic E-state index is 0.240. The lowest BCUT2D eigenvalue weighted by atomic mass is 10.0. The first kappa shape index (κ1) is 12.7. The fourth-order valence-corrected chi connectivity index (χ4v) is 2.11. The zero-order valence-corrected chi connectivity index (χ0v) is 10.5. The van der Waals surface area contributed by atoms with Gasteiger partial charge in [0.25, 0.3) is 0 Å². The number of sulfone groups is 1. The molecule has 1 aliphatic heterocycles. The molecular weight excluding hydrogens is 212 g/mol. The van der Waals surface area contributed by atoms with Crippen LogP contribution < -0.4 is 5.32 Å². The summed E-state index contributed by atoms with van der Waals surface area (Å²) in [5.74, 6) is 0.240. The van der Waals surface area contributed by atoms with Crippen LogP contribution in [-0.4, -0.2) is 58.6 Å². The summed E-state index contributed by atoms with van der Waals surface area (Å²) in [5, 5.41) is 3.20. The Morgan fingerprint density at radius 2 is 2.07 bits per heavy atom. The van der Waals surface area contributed by atoms with Crippen molar-refractivity contribution in [3.63, 3.8) is 0 Å². The highest BCUT2D eigenvalue weighted by Crippen LogP contribution is 2.09. The van der Waals surface area contributed by atoms with Gasteiger partial charge in [-0.15, -0.1) is 0 Å². The number of rotatable bonds is 5. The quantitative estimate of drug-likeness (QED) is 0.672. The molecule has 0 bridgehead atoms. The molecule has 1 saturated heterocycles. The summed E-state index contributed by atoms with van der Waals surface area (Å²) < 4.78 is 21.9. The molecule has 1 heterocycles. The summed E-state index contributed by atoms with van der Waals surface area (Å²) in [4.78, 5) is 2.06. The second-order valence-corrected chi connectivity index (χ2v) is 6.61. The Morgan fingerprint density at radius 1 is 1.47 bits per heavy atom. The average molecular weight is 232 g/mol. The van der Waals surface area contributed by atoms with Crippen molar-refractivity contribution < 1.29 is 8.42 Å². The van der Waals surface area contributed by atoms with E-state index >= 15 is 0 Å². The van der Waals surface area contributed by atoms with Crippen LogP contribution in [-0.2, 0) is 9.84 Å². The lowest BCUT2D eigenvalue weighted by Gasteiger charge is -2.25. The molecule has 15 heavy (non-hydrogen) atoms. The first-order valence-electron chi connectivity index (χ1n) is 5.13. The molecule has 0 aromatic rings. The third-order valence-corrected chi connectivity index (χ3v) is 3.56. The number of hydrogen-bond donors (Lipinski definition) is 1. The normalized spacial score (nSPS) is 16.7. The molecular formula is C10H20N2O2S. The van der Waals surface area contributed by atoms with E-state index in [9.17, 15) is 8.42 Å². The van der Waals surface area contributed by atoms with Gasteiger partial charge in [0.2, 0.25) is 0 Å². The molecule has 5 heteroatoms. The second-order valence-electron chi connectivity index (χ2n) is 4.36. The van der Waals surface area contributed by atoms with E-state index in [1.807, 2.05) is 7.05 Å². The largest absolute Gasteiger partial charge is 0.309 e. The lowest BCUT2D eigenvalue weighted by Crippen LogP contribution is -2.36. The summed E-state index contributed by atoms with van der Waals surface area (Å²) in [7, 11) is -0.877. The summed E-state index contributed by atoms with van der Waals surface area (Å²) >= 11 is 0. The molecule has 4 nitrogen and oxygen atoms in total. The van der Waals surface area contributed by atoms with Crippen molar-refractivity contribution in [2.75, 3.05) is 45.2 Å². The SMILES string of the molecule is CC(CN(C)CCS(C)(=O)=O)=C1CNC1. The predicted octanol–water partition coefficient (Wildman–Crippen LogP) is -0.117. The van der Waals surface area contributed by atoms with Crippen LogP contribution in [0.2, 0.25) is 0 Å². The van der Waals surface area contributed by atoms with Gasteiger partial charge in [-0.2, -0.15) is 0 Å². The van der Waals surface area contributed by atoms with Crippen molar-refractivity contribution in [2.24, 2.45) is 0 Å². The molecule has 1 rings (SSSR count). The number of hydrogen-bond acceptors (Lipinski definition) is 4. The molecule has 0 radical (unpaired) electrons. The van der Waals surface area contributed by atoms with Gasteiger partial charge in [0.05, 0.1) is 5.75 Å². The number of likely N-dealkylation sites (N-methyl/N-ethyl adjacent to an activating group) is 1. The van der Waals surface area contributed by atoms with Gasteiger partial charge in [-0.1, -0.05) is 5.57 Å². The van der Waals surface area contributed by atoms with Gasteiger partial charge in [-0.25, -0.2) is 8.42 Å². The molecule has 0 unspecified atom stereocenters. The monoisotopic (exact) mass is 232 g/mol. The van der Waals surface area contributed by atoms with Gasteiger partial charge in [-0.3, -0.25) is 0 Å². The molecule has 1 fully saturated rings. The van der Waals surface area contributed by atoms with Crippen LogP contribution in [0.15, 0.2) is 11.1 Å². The zero-order valence-electron chi connectivity index (χ0n) is 9.71. The van der Waals surface area contributed by atoms with Gasteiger partial charge >= 0.3 is 0 Å². The molecule has 0 aromatic heterocycles. The van der Waals surface area contributed by atoms with Crippen LogP contribution in [0.5, 0.6) is 0 Å². The molecule has 0 spiro atoms. The Kier molecular flexibility index (Phi) is 4.31. The second kappa shape index (κ2) is 5.09. The smallest absolute Gasteiger partial charge is 0.148 e. The minimum atomic E-state index is -2.84. The van der Waals surface area contributed by atoms with Gasteiger partial charge in [0, 0.05) is 32.4 Å². The molecule has 0 saturated carbocycles. The van der Waals surface area contributed by atoms with E-state index in [0.717, 1.165) is 19.6 Å². The Balaban J connectivity index is 2.33. The Bertz CT molecular complexity index is 340. The van der Waals surface area contributed by atoms with Gasteiger partial charge < -0.3 is 10.2 Å². The van der Waals surface area contributed by atoms with E-state index in [-0.39, 0.29) is 5.75 Å². The van der Waals surface area contributed by atoms with E-state index in [0.29, 0.717) is 6.54 Å². The average Bonchev–Trinajstić information content (AvgIpc) is 1.95. The van der Waals surface area contributed by atoms with E-state index in [2.05, 4.69) is 17.1 Å². The molecule has 0 aliphatic carbocycles. The van der Waals surface area contributed by atoms with E-state index in [4.69, 9.17) is 0 Å². The number of nitrogens with one attached hydrogen (secondary N) is 1. The van der Waals surface area contributed by atoms with Crippen molar-refractivity contribution in [2.45, 2.75) is 6.92 Å². The van der Waals surface area contributed by atoms with Gasteiger partial charge in [-0.05, 0) is 19.5 Å². The maximum absolute atomic E-state index is 11.0. The molecule has 0 aromatic carbocycles. The van der Waals surface area contributed by atoms with Crippen LogP contribution in [0.3, 0.4) is 0 Å². The standard InChI is InChI=1S/C10H20N2O2S/c1-9(10-6-11-7-10)8-12(2)4-5-15(3,13)14/h11H,4-8H2,1-3H3. The first-order valence-corrected chi connectivity index (χ1v) is 7.19. The van der Waals surface area contributed by atoms with Crippen molar-refractivity contribution in [1.82, 2.24) is 10.2 Å². The van der Waals surface area contributed by atoms with Crippen LogP contribution in [0.1, 0.15) is 6.92 Å². The Morgan fingerprint density at radius 3 is 2.47 bits per heavy atom. The molecule has 0 amide bonds. The first-order chi connectivity index (χ1) is 6.88. The maximum atomic E-state index is 11.0. The molecule has 88 valence electrons. The van der Waals surface area contributed by atoms with Crippen molar-refractivity contribution >= 4 is 9.84 Å². The fourth-order valence-electron chi connectivity index (χ4n) is 1.47. The van der Waals surface area contributed by atoms with Crippen molar-refractivity contribution in [3.05, 3.63) is 11.1 Å². The van der Waals surface area contributed by atoms with Crippen molar-refractivity contribution in [3.8, 4) is 0 Å². The molecule has 1 N–H and O–H groups in total. The summed E-state index contributed by atoms with van der Waals surface area (Å²) in [5.41, 5.74) is 2.82. The summed E-state index contributed by atoms with van der Waals surface area (Å²) in [6.07, 6.45) is 1.28. The summed E-state index contributed by atoms with van der Waals surface area (Å²) in [6, 6.07) is 0. The third kappa shape index (κ3) is 4.77. The van der Waals surface area contributed by atoms with Crippen molar-refractivity contribution in [1.29, 1.82) is 0 Å². The van der Waals surface area contributed by atoms with E-state index in [1.54, 1.807) is 0 Å².